The summed E-state index contributed by atoms with van der Waals surface area (Å²) in [5, 5.41) is 13.2. The standard InChI is InChI=1S/C21H30N2O4/c1-15-7-10-23(11-8-15)21(26)16-13-18(19(24)14-16)22-20(25)9-12-27-17-5-3-2-4-6-17/h2-6,15-16,18-19,24H,7-14H2,1H3,(H,22,25)/t16-,18-,19-/m0/s1. The van der Waals surface area contributed by atoms with Gasteiger partial charge in [-0.15, -0.1) is 0 Å². The van der Waals surface area contributed by atoms with Crippen LogP contribution in [0.1, 0.15) is 39.0 Å². The van der Waals surface area contributed by atoms with Crippen molar-refractivity contribution >= 4 is 11.8 Å². The van der Waals surface area contributed by atoms with Gasteiger partial charge < -0.3 is 20.1 Å². The molecule has 0 aromatic heterocycles. The number of nitrogens with zero attached hydrogens (tertiary/aromatic N) is 1. The van der Waals surface area contributed by atoms with Crippen molar-refractivity contribution in [2.75, 3.05) is 19.7 Å². The Kier molecular flexibility index (Phi) is 6.72. The highest BCUT2D eigenvalue weighted by Gasteiger charge is 2.39. The molecular weight excluding hydrogens is 344 g/mol. The molecule has 1 aromatic carbocycles. The highest BCUT2D eigenvalue weighted by molar-refractivity contribution is 5.80. The number of carbonyl (C=O) groups excluding carboxylic acids is 2. The maximum absolute atomic E-state index is 12.7. The molecule has 0 unspecified atom stereocenters. The van der Waals surface area contributed by atoms with Gasteiger partial charge in [0, 0.05) is 19.0 Å². The summed E-state index contributed by atoms with van der Waals surface area (Å²) in [5.41, 5.74) is 0. The van der Waals surface area contributed by atoms with Crippen molar-refractivity contribution in [1.29, 1.82) is 0 Å². The van der Waals surface area contributed by atoms with Crippen LogP contribution in [0.25, 0.3) is 0 Å². The minimum absolute atomic E-state index is 0.130. The number of ether oxygens (including phenoxy) is 1. The lowest BCUT2D eigenvalue weighted by Gasteiger charge is -2.32. The van der Waals surface area contributed by atoms with Gasteiger partial charge in [-0.2, -0.15) is 0 Å². The molecule has 6 nitrogen and oxygen atoms in total. The van der Waals surface area contributed by atoms with Crippen LogP contribution in [0.4, 0.5) is 0 Å². The van der Waals surface area contributed by atoms with Crippen molar-refractivity contribution in [3.05, 3.63) is 30.3 Å². The minimum atomic E-state index is -0.665. The summed E-state index contributed by atoms with van der Waals surface area (Å²) in [7, 11) is 0. The van der Waals surface area contributed by atoms with Crippen LogP contribution in [0.2, 0.25) is 0 Å². The van der Waals surface area contributed by atoms with E-state index in [2.05, 4.69) is 12.2 Å². The zero-order chi connectivity index (χ0) is 19.2. The smallest absolute Gasteiger partial charge is 0.225 e. The fourth-order valence-electron chi connectivity index (χ4n) is 3.92. The number of hydrogen-bond donors (Lipinski definition) is 2. The summed E-state index contributed by atoms with van der Waals surface area (Å²) in [4.78, 5) is 26.8. The van der Waals surface area contributed by atoms with E-state index in [0.717, 1.165) is 31.7 Å². The topological polar surface area (TPSA) is 78.9 Å². The summed E-state index contributed by atoms with van der Waals surface area (Å²) in [6.07, 6.45) is 2.58. The predicted molar refractivity (Wildman–Crippen MR) is 102 cm³/mol. The Morgan fingerprint density at radius 1 is 1.19 bits per heavy atom. The Morgan fingerprint density at radius 3 is 2.59 bits per heavy atom. The van der Waals surface area contributed by atoms with Gasteiger partial charge in [0.2, 0.25) is 11.8 Å². The molecule has 1 aliphatic heterocycles. The molecule has 0 bridgehead atoms. The molecule has 0 spiro atoms. The molecule has 2 amide bonds. The second kappa shape index (κ2) is 9.22. The van der Waals surface area contributed by atoms with Crippen LogP contribution in [0.15, 0.2) is 30.3 Å². The van der Waals surface area contributed by atoms with Gasteiger partial charge in [0.1, 0.15) is 5.75 Å². The maximum atomic E-state index is 12.7. The van der Waals surface area contributed by atoms with Crippen molar-refractivity contribution in [1.82, 2.24) is 10.2 Å². The third kappa shape index (κ3) is 5.45. The van der Waals surface area contributed by atoms with Crippen molar-refractivity contribution in [2.24, 2.45) is 11.8 Å². The van der Waals surface area contributed by atoms with E-state index < -0.39 is 6.10 Å². The lowest BCUT2D eigenvalue weighted by atomic mass is 9.97. The molecule has 0 radical (unpaired) electrons. The average Bonchev–Trinajstić information content (AvgIpc) is 3.03. The molecule has 148 valence electrons. The largest absolute Gasteiger partial charge is 0.493 e. The third-order valence-electron chi connectivity index (χ3n) is 5.66. The van der Waals surface area contributed by atoms with Crippen LogP contribution in [-0.2, 0) is 9.59 Å². The van der Waals surface area contributed by atoms with E-state index in [1.54, 1.807) is 0 Å². The Bertz CT molecular complexity index is 628. The van der Waals surface area contributed by atoms with Crippen LogP contribution in [-0.4, -0.2) is 53.7 Å². The van der Waals surface area contributed by atoms with E-state index >= 15 is 0 Å². The van der Waals surface area contributed by atoms with E-state index in [-0.39, 0.29) is 36.8 Å². The SMILES string of the molecule is CC1CCN(C(=O)[C@H]2C[C@H](NC(=O)CCOc3ccccc3)[C@@H](O)C2)CC1. The Morgan fingerprint density at radius 2 is 1.89 bits per heavy atom. The molecule has 1 aromatic rings. The van der Waals surface area contributed by atoms with Crippen LogP contribution in [0.5, 0.6) is 5.75 Å². The molecule has 27 heavy (non-hydrogen) atoms. The van der Waals surface area contributed by atoms with E-state index in [0.29, 0.717) is 18.8 Å². The second-order valence-corrected chi connectivity index (χ2v) is 7.83. The number of para-hydroxylation sites is 1. The minimum Gasteiger partial charge on any atom is -0.493 e. The van der Waals surface area contributed by atoms with Crippen molar-refractivity contribution in [3.8, 4) is 5.75 Å². The normalized spacial score (nSPS) is 26.0. The van der Waals surface area contributed by atoms with Gasteiger partial charge in [-0.3, -0.25) is 9.59 Å². The highest BCUT2D eigenvalue weighted by atomic mass is 16.5. The molecule has 1 saturated carbocycles. The fourth-order valence-corrected chi connectivity index (χ4v) is 3.92. The monoisotopic (exact) mass is 374 g/mol. The molecule has 3 atom stereocenters. The van der Waals surface area contributed by atoms with Gasteiger partial charge in [-0.05, 0) is 43.7 Å². The third-order valence-corrected chi connectivity index (χ3v) is 5.66. The lowest BCUT2D eigenvalue weighted by Crippen LogP contribution is -2.42. The number of aliphatic hydroxyl groups is 1. The number of nitrogens with one attached hydrogen (secondary N) is 1. The summed E-state index contributed by atoms with van der Waals surface area (Å²) >= 11 is 0. The van der Waals surface area contributed by atoms with E-state index in [9.17, 15) is 14.7 Å². The fraction of sp³-hybridized carbons (Fsp3) is 0.619. The summed E-state index contributed by atoms with van der Waals surface area (Å²) in [6.45, 7) is 4.11. The zero-order valence-corrected chi connectivity index (χ0v) is 16.0. The Labute approximate surface area is 160 Å². The van der Waals surface area contributed by atoms with E-state index in [1.165, 1.54) is 0 Å². The first-order valence-corrected chi connectivity index (χ1v) is 9.97. The highest BCUT2D eigenvalue weighted by Crippen LogP contribution is 2.29. The molecule has 3 rings (SSSR count). The van der Waals surface area contributed by atoms with Gasteiger partial charge >= 0.3 is 0 Å². The number of hydrogen-bond acceptors (Lipinski definition) is 4. The molecule has 1 saturated heterocycles. The molecule has 1 heterocycles. The zero-order valence-electron chi connectivity index (χ0n) is 16.0. The van der Waals surface area contributed by atoms with Gasteiger partial charge in [-0.1, -0.05) is 25.1 Å². The summed E-state index contributed by atoms with van der Waals surface area (Å²) < 4.78 is 5.53. The van der Waals surface area contributed by atoms with Crippen LogP contribution in [0.3, 0.4) is 0 Å². The quantitative estimate of drug-likeness (QED) is 0.798. The number of benzene rings is 1. The van der Waals surface area contributed by atoms with Gasteiger partial charge in [0.25, 0.3) is 0 Å². The number of aliphatic hydroxyl groups excluding tert-OH is 1. The van der Waals surface area contributed by atoms with Gasteiger partial charge in [0.15, 0.2) is 0 Å². The van der Waals surface area contributed by atoms with Crippen molar-refractivity contribution in [3.63, 3.8) is 0 Å². The number of amides is 2. The summed E-state index contributed by atoms with van der Waals surface area (Å²) in [5.74, 6) is 1.18. The molecule has 1 aliphatic carbocycles. The molecule has 6 heteroatoms. The Balaban J connectivity index is 1.41. The number of carbonyl (C=O) groups is 2. The first kappa shape index (κ1) is 19.7. The number of piperidine rings is 1. The number of likely N-dealkylation sites (tertiary alicyclic amines) is 1. The average molecular weight is 374 g/mol. The molecule has 2 aliphatic rings. The van der Waals surface area contributed by atoms with Gasteiger partial charge in [-0.25, -0.2) is 0 Å². The first-order chi connectivity index (χ1) is 13.0. The molecular formula is C21H30N2O4. The van der Waals surface area contributed by atoms with Crippen LogP contribution < -0.4 is 10.1 Å². The van der Waals surface area contributed by atoms with E-state index in [4.69, 9.17) is 4.74 Å². The van der Waals surface area contributed by atoms with Crippen LogP contribution >= 0.6 is 0 Å². The number of rotatable bonds is 6. The molecule has 2 N–H and O–H groups in total. The lowest BCUT2D eigenvalue weighted by molar-refractivity contribution is -0.137. The molecule has 2 fully saturated rings. The predicted octanol–water partition coefficient (Wildman–Crippen LogP) is 1.97. The second-order valence-electron chi connectivity index (χ2n) is 7.83. The maximum Gasteiger partial charge on any atom is 0.225 e. The van der Waals surface area contributed by atoms with Crippen molar-refractivity contribution in [2.45, 2.75) is 51.2 Å². The Hall–Kier alpha value is -2.08. The van der Waals surface area contributed by atoms with Gasteiger partial charge in [0.05, 0.1) is 25.2 Å². The van der Waals surface area contributed by atoms with E-state index in [1.807, 2.05) is 35.2 Å². The first-order valence-electron chi connectivity index (χ1n) is 9.97. The van der Waals surface area contributed by atoms with Crippen LogP contribution in [0, 0.1) is 11.8 Å². The summed E-state index contributed by atoms with van der Waals surface area (Å²) in [6, 6.07) is 9.00. The van der Waals surface area contributed by atoms with Crippen molar-refractivity contribution < 1.29 is 19.4 Å².